The first-order chi connectivity index (χ1) is 9.17. The molecule has 19 heavy (non-hydrogen) atoms. The summed E-state index contributed by atoms with van der Waals surface area (Å²) in [5.74, 6) is 0.493. The fourth-order valence-corrected chi connectivity index (χ4v) is 4.18. The summed E-state index contributed by atoms with van der Waals surface area (Å²) in [5, 5.41) is 0. The zero-order valence-electron chi connectivity index (χ0n) is 11.3. The van der Waals surface area contributed by atoms with Crippen molar-refractivity contribution >= 4 is 31.9 Å². The zero-order chi connectivity index (χ0) is 13.8. The Labute approximate surface area is 132 Å². The third-order valence-electron chi connectivity index (χ3n) is 3.94. The number of aromatic nitrogens is 1. The van der Waals surface area contributed by atoms with Crippen LogP contribution in [0.15, 0.2) is 21.2 Å². The molecule has 2 unspecified atom stereocenters. The van der Waals surface area contributed by atoms with Gasteiger partial charge in [0.15, 0.2) is 0 Å². The number of hydrogen-bond donors (Lipinski definition) is 1. The second kappa shape index (κ2) is 7.16. The van der Waals surface area contributed by atoms with Crippen molar-refractivity contribution in [1.82, 2.24) is 9.88 Å². The minimum absolute atomic E-state index is 0.333. The van der Waals surface area contributed by atoms with Gasteiger partial charge in [-0.25, -0.2) is 0 Å². The van der Waals surface area contributed by atoms with Crippen LogP contribution in [0.4, 0.5) is 0 Å². The Kier molecular flexibility index (Phi) is 5.81. The van der Waals surface area contributed by atoms with E-state index in [9.17, 15) is 0 Å². The summed E-state index contributed by atoms with van der Waals surface area (Å²) in [6.45, 7) is 5.14. The normalized spacial score (nSPS) is 25.3. The molecule has 5 heteroatoms. The number of hydrogen-bond acceptors (Lipinski definition) is 3. The van der Waals surface area contributed by atoms with Crippen LogP contribution in [-0.4, -0.2) is 29.5 Å². The minimum Gasteiger partial charge on any atom is -0.330 e. The third kappa shape index (κ3) is 3.57. The summed E-state index contributed by atoms with van der Waals surface area (Å²) in [6, 6.07) is 2.41. The van der Waals surface area contributed by atoms with Crippen molar-refractivity contribution in [2.24, 2.45) is 11.7 Å². The predicted molar refractivity (Wildman–Crippen MR) is 86.0 cm³/mol. The first-order valence-corrected chi connectivity index (χ1v) is 8.51. The van der Waals surface area contributed by atoms with Crippen LogP contribution in [0.5, 0.6) is 0 Å². The van der Waals surface area contributed by atoms with Gasteiger partial charge in [0.25, 0.3) is 0 Å². The smallest absolute Gasteiger partial charge is 0.0721 e. The monoisotopic (exact) mass is 389 g/mol. The highest BCUT2D eigenvalue weighted by Gasteiger charge is 2.31. The van der Waals surface area contributed by atoms with Crippen LogP contribution in [-0.2, 0) is 0 Å². The topological polar surface area (TPSA) is 42.1 Å². The van der Waals surface area contributed by atoms with E-state index in [1.165, 1.54) is 19.3 Å². The van der Waals surface area contributed by atoms with Crippen LogP contribution in [0.2, 0.25) is 0 Å². The van der Waals surface area contributed by atoms with E-state index >= 15 is 0 Å². The molecule has 0 aromatic carbocycles. The number of rotatable bonds is 3. The lowest BCUT2D eigenvalue weighted by atomic mass is 9.92. The number of pyridine rings is 1. The summed E-state index contributed by atoms with van der Waals surface area (Å²) in [7, 11) is 0. The number of nitrogens with zero attached hydrogens (tertiary/aromatic N) is 2. The largest absolute Gasteiger partial charge is 0.330 e. The second-order valence-corrected chi connectivity index (χ2v) is 6.86. The molecule has 1 saturated heterocycles. The standard InChI is InChI=1S/C14H21Br2N3/c1-2-19-6-4-3-5-10(8-17)14(19)13-12(16)7-11(15)9-18-13/h7,9-10,14H,2-6,8,17H2,1H3. The molecule has 1 aliphatic rings. The average Bonchev–Trinajstić information content (AvgIpc) is 2.60. The molecule has 1 aliphatic heterocycles. The van der Waals surface area contributed by atoms with Gasteiger partial charge in [-0.05, 0) is 76.3 Å². The van der Waals surface area contributed by atoms with E-state index in [1.54, 1.807) is 0 Å². The Balaban J connectivity index is 2.39. The quantitative estimate of drug-likeness (QED) is 0.854. The summed E-state index contributed by atoms with van der Waals surface area (Å²) in [6.07, 6.45) is 5.60. The lowest BCUT2D eigenvalue weighted by molar-refractivity contribution is 0.162. The molecule has 1 aromatic rings. The van der Waals surface area contributed by atoms with Crippen molar-refractivity contribution < 1.29 is 0 Å². The first kappa shape index (κ1) is 15.4. The molecule has 0 amide bonds. The molecule has 0 aliphatic carbocycles. The van der Waals surface area contributed by atoms with Crippen LogP contribution in [0.3, 0.4) is 0 Å². The third-order valence-corrected chi connectivity index (χ3v) is 5.00. The molecule has 1 aromatic heterocycles. The highest BCUT2D eigenvalue weighted by molar-refractivity contribution is 9.11. The van der Waals surface area contributed by atoms with E-state index in [-0.39, 0.29) is 0 Å². The Bertz CT molecular complexity index is 411. The van der Waals surface area contributed by atoms with Gasteiger partial charge in [0, 0.05) is 15.1 Å². The van der Waals surface area contributed by atoms with Crippen LogP contribution in [0.1, 0.15) is 37.9 Å². The van der Waals surface area contributed by atoms with Gasteiger partial charge >= 0.3 is 0 Å². The van der Waals surface area contributed by atoms with Crippen molar-refractivity contribution in [1.29, 1.82) is 0 Å². The van der Waals surface area contributed by atoms with Crippen LogP contribution in [0.25, 0.3) is 0 Å². The lowest BCUT2D eigenvalue weighted by Gasteiger charge is -2.34. The Morgan fingerprint density at radius 1 is 1.42 bits per heavy atom. The summed E-state index contributed by atoms with van der Waals surface area (Å²) in [5.41, 5.74) is 7.15. The van der Waals surface area contributed by atoms with Crippen molar-refractivity contribution in [2.75, 3.05) is 19.6 Å². The molecule has 2 rings (SSSR count). The summed E-state index contributed by atoms with van der Waals surface area (Å²) < 4.78 is 2.08. The van der Waals surface area contributed by atoms with Gasteiger partial charge in [-0.3, -0.25) is 9.88 Å². The van der Waals surface area contributed by atoms with Crippen molar-refractivity contribution in [2.45, 2.75) is 32.2 Å². The molecule has 0 bridgehead atoms. The van der Waals surface area contributed by atoms with Gasteiger partial charge in [-0.15, -0.1) is 0 Å². The molecule has 0 saturated carbocycles. The van der Waals surface area contributed by atoms with E-state index in [0.717, 1.165) is 34.3 Å². The maximum absolute atomic E-state index is 6.02. The van der Waals surface area contributed by atoms with Gasteiger partial charge in [0.2, 0.25) is 0 Å². The fraction of sp³-hybridized carbons (Fsp3) is 0.643. The van der Waals surface area contributed by atoms with Gasteiger partial charge in [-0.2, -0.15) is 0 Å². The molecule has 106 valence electrons. The summed E-state index contributed by atoms with van der Waals surface area (Å²) in [4.78, 5) is 7.17. The van der Waals surface area contributed by atoms with Crippen molar-refractivity contribution in [3.05, 3.63) is 26.9 Å². The van der Waals surface area contributed by atoms with E-state index in [1.807, 2.05) is 6.20 Å². The van der Waals surface area contributed by atoms with E-state index in [0.29, 0.717) is 12.0 Å². The van der Waals surface area contributed by atoms with Crippen LogP contribution >= 0.6 is 31.9 Å². The molecule has 1 fully saturated rings. The Hall–Kier alpha value is 0.0300. The van der Waals surface area contributed by atoms with E-state index in [2.05, 4.69) is 54.7 Å². The molecular formula is C14H21Br2N3. The Morgan fingerprint density at radius 3 is 2.84 bits per heavy atom. The maximum Gasteiger partial charge on any atom is 0.0721 e. The van der Waals surface area contributed by atoms with Crippen molar-refractivity contribution in [3.8, 4) is 0 Å². The number of likely N-dealkylation sites (tertiary alicyclic amines) is 1. The second-order valence-electron chi connectivity index (χ2n) is 5.09. The highest BCUT2D eigenvalue weighted by atomic mass is 79.9. The molecule has 2 atom stereocenters. The molecular weight excluding hydrogens is 370 g/mol. The lowest BCUT2D eigenvalue weighted by Crippen LogP contribution is -2.36. The minimum atomic E-state index is 0.333. The first-order valence-electron chi connectivity index (χ1n) is 6.92. The van der Waals surface area contributed by atoms with Crippen molar-refractivity contribution in [3.63, 3.8) is 0 Å². The number of halogens is 2. The van der Waals surface area contributed by atoms with Gasteiger partial charge in [0.1, 0.15) is 0 Å². The van der Waals surface area contributed by atoms with Gasteiger partial charge < -0.3 is 5.73 Å². The van der Waals surface area contributed by atoms with Gasteiger partial charge in [0.05, 0.1) is 11.7 Å². The Morgan fingerprint density at radius 2 is 2.21 bits per heavy atom. The van der Waals surface area contributed by atoms with Crippen LogP contribution < -0.4 is 5.73 Å². The predicted octanol–water partition coefficient (Wildman–Crippen LogP) is 3.73. The molecule has 3 nitrogen and oxygen atoms in total. The molecule has 0 radical (unpaired) electrons. The summed E-state index contributed by atoms with van der Waals surface area (Å²) >= 11 is 7.13. The van der Waals surface area contributed by atoms with Crippen LogP contribution in [0, 0.1) is 5.92 Å². The van der Waals surface area contributed by atoms with Gasteiger partial charge in [-0.1, -0.05) is 13.3 Å². The maximum atomic E-state index is 6.02. The molecule has 0 spiro atoms. The molecule has 2 heterocycles. The fourth-order valence-electron chi connectivity index (χ4n) is 2.96. The average molecular weight is 391 g/mol. The van der Waals surface area contributed by atoms with E-state index < -0.39 is 0 Å². The zero-order valence-corrected chi connectivity index (χ0v) is 14.5. The highest BCUT2D eigenvalue weighted by Crippen LogP contribution is 2.37. The van der Waals surface area contributed by atoms with E-state index in [4.69, 9.17) is 5.73 Å². The SMILES string of the molecule is CCN1CCCCC(CN)C1c1ncc(Br)cc1Br. The number of nitrogens with two attached hydrogens (primary N) is 1. The molecule has 2 N–H and O–H groups in total.